The Morgan fingerprint density at radius 3 is 2.44 bits per heavy atom. The van der Waals surface area contributed by atoms with E-state index in [1.807, 2.05) is 41.0 Å². The van der Waals surface area contributed by atoms with Crippen molar-refractivity contribution in [3.05, 3.63) is 65.2 Å². The molecular formula is C27H32FN3O5. The van der Waals surface area contributed by atoms with Crippen LogP contribution in [-0.4, -0.2) is 70.6 Å². The van der Waals surface area contributed by atoms with Gasteiger partial charge in [0.25, 0.3) is 0 Å². The molecule has 0 radical (unpaired) electrons. The second-order valence-corrected chi connectivity index (χ2v) is 9.65. The highest BCUT2D eigenvalue weighted by Crippen LogP contribution is 2.34. The molecular weight excluding hydrogens is 465 g/mol. The molecule has 2 fully saturated rings. The van der Waals surface area contributed by atoms with Gasteiger partial charge in [0.05, 0.1) is 12.5 Å². The predicted molar refractivity (Wildman–Crippen MR) is 131 cm³/mol. The van der Waals surface area contributed by atoms with Gasteiger partial charge in [-0.25, -0.2) is 4.39 Å². The molecule has 0 aliphatic carbocycles. The number of rotatable bonds is 8. The molecule has 2 aliphatic rings. The number of benzene rings is 2. The SMILES string of the molecule is Cc1ccc(CN2CC[C@@H](N3CC[C@@H](c4ccc(OC(=O)C[C@H](N)C(=O)O)cc4)C(F)C3)C2=O)cc1. The van der Waals surface area contributed by atoms with Crippen LogP contribution in [0.5, 0.6) is 5.75 Å². The molecule has 4 atom stereocenters. The number of aryl methyl sites for hydroxylation is 1. The van der Waals surface area contributed by atoms with Crippen LogP contribution in [0.1, 0.15) is 41.9 Å². The maximum Gasteiger partial charge on any atom is 0.321 e. The fourth-order valence-electron chi connectivity index (χ4n) is 4.94. The minimum absolute atomic E-state index is 0.0648. The molecule has 0 saturated carbocycles. The summed E-state index contributed by atoms with van der Waals surface area (Å²) in [5, 5.41) is 8.79. The molecule has 0 spiro atoms. The molecule has 2 aliphatic heterocycles. The summed E-state index contributed by atoms with van der Waals surface area (Å²) >= 11 is 0. The third-order valence-corrected chi connectivity index (χ3v) is 7.02. The number of carbonyl (C=O) groups excluding carboxylic acids is 2. The number of esters is 1. The van der Waals surface area contributed by atoms with Gasteiger partial charge in [-0.2, -0.15) is 0 Å². The third kappa shape index (κ3) is 6.09. The van der Waals surface area contributed by atoms with Crippen LogP contribution in [0.2, 0.25) is 0 Å². The Balaban J connectivity index is 1.30. The smallest absolute Gasteiger partial charge is 0.321 e. The molecule has 192 valence electrons. The maximum absolute atomic E-state index is 15.3. The molecule has 0 bridgehead atoms. The largest absolute Gasteiger partial charge is 0.480 e. The molecule has 2 aromatic carbocycles. The summed E-state index contributed by atoms with van der Waals surface area (Å²) in [5.74, 6) is -2.02. The quantitative estimate of drug-likeness (QED) is 0.426. The van der Waals surface area contributed by atoms with Crippen molar-refractivity contribution in [2.24, 2.45) is 5.73 Å². The van der Waals surface area contributed by atoms with E-state index >= 15 is 4.39 Å². The van der Waals surface area contributed by atoms with Crippen molar-refractivity contribution in [3.63, 3.8) is 0 Å². The molecule has 2 aromatic rings. The number of piperidine rings is 1. The van der Waals surface area contributed by atoms with Gasteiger partial charge in [0, 0.05) is 25.6 Å². The van der Waals surface area contributed by atoms with Crippen LogP contribution in [0.15, 0.2) is 48.5 Å². The van der Waals surface area contributed by atoms with E-state index in [9.17, 15) is 14.4 Å². The second kappa shape index (κ2) is 11.2. The van der Waals surface area contributed by atoms with E-state index in [1.165, 1.54) is 5.56 Å². The first-order chi connectivity index (χ1) is 17.2. The number of aliphatic carboxylic acids is 1. The summed E-state index contributed by atoms with van der Waals surface area (Å²) < 4.78 is 20.4. The summed E-state index contributed by atoms with van der Waals surface area (Å²) in [6.07, 6.45) is -0.284. The third-order valence-electron chi connectivity index (χ3n) is 7.02. The lowest BCUT2D eigenvalue weighted by atomic mass is 9.87. The van der Waals surface area contributed by atoms with Crippen molar-refractivity contribution < 1.29 is 28.6 Å². The van der Waals surface area contributed by atoms with Crippen molar-refractivity contribution in [1.29, 1.82) is 0 Å². The molecule has 1 unspecified atom stereocenters. The van der Waals surface area contributed by atoms with E-state index in [0.717, 1.165) is 11.1 Å². The number of carbonyl (C=O) groups is 3. The Labute approximate surface area is 209 Å². The monoisotopic (exact) mass is 497 g/mol. The maximum atomic E-state index is 15.3. The highest BCUT2D eigenvalue weighted by atomic mass is 19.1. The fourth-order valence-corrected chi connectivity index (χ4v) is 4.94. The first kappa shape index (κ1) is 25.8. The minimum atomic E-state index is -1.32. The lowest BCUT2D eigenvalue weighted by molar-refractivity contribution is -0.143. The summed E-state index contributed by atoms with van der Waals surface area (Å²) in [7, 11) is 0. The Bertz CT molecular complexity index is 1090. The lowest BCUT2D eigenvalue weighted by Crippen LogP contribution is -2.49. The normalized spacial score (nSPS) is 23.5. The van der Waals surface area contributed by atoms with Gasteiger partial charge in [-0.1, -0.05) is 42.0 Å². The topological polar surface area (TPSA) is 113 Å². The highest BCUT2D eigenvalue weighted by Gasteiger charge is 2.40. The van der Waals surface area contributed by atoms with E-state index in [-0.39, 0.29) is 30.2 Å². The van der Waals surface area contributed by atoms with Gasteiger partial charge in [0.2, 0.25) is 5.91 Å². The van der Waals surface area contributed by atoms with Gasteiger partial charge in [-0.3, -0.25) is 19.3 Å². The number of nitrogens with zero attached hydrogens (tertiary/aromatic N) is 2. The van der Waals surface area contributed by atoms with Crippen LogP contribution in [0.25, 0.3) is 0 Å². The van der Waals surface area contributed by atoms with E-state index in [1.54, 1.807) is 24.3 Å². The summed E-state index contributed by atoms with van der Waals surface area (Å²) in [6.45, 7) is 4.10. The number of alkyl halides is 1. The number of hydrogen-bond acceptors (Lipinski definition) is 6. The summed E-state index contributed by atoms with van der Waals surface area (Å²) in [4.78, 5) is 39.5. The van der Waals surface area contributed by atoms with Crippen LogP contribution in [0.3, 0.4) is 0 Å². The zero-order valence-electron chi connectivity index (χ0n) is 20.3. The van der Waals surface area contributed by atoms with Crippen molar-refractivity contribution >= 4 is 17.8 Å². The van der Waals surface area contributed by atoms with Gasteiger partial charge in [0.1, 0.15) is 18.0 Å². The average Bonchev–Trinajstić information content (AvgIpc) is 3.20. The number of likely N-dealkylation sites (tertiary alicyclic amines) is 2. The number of halogens is 1. The van der Waals surface area contributed by atoms with Gasteiger partial charge in [-0.15, -0.1) is 0 Å². The molecule has 4 rings (SSSR count). The van der Waals surface area contributed by atoms with Crippen LogP contribution in [0, 0.1) is 6.92 Å². The fraction of sp³-hybridized carbons (Fsp3) is 0.444. The molecule has 0 aromatic heterocycles. The Hall–Kier alpha value is -3.30. The number of ether oxygens (including phenoxy) is 1. The zero-order valence-corrected chi connectivity index (χ0v) is 20.3. The molecule has 2 saturated heterocycles. The zero-order chi connectivity index (χ0) is 25.8. The minimum Gasteiger partial charge on any atom is -0.480 e. The lowest BCUT2D eigenvalue weighted by Gasteiger charge is -2.37. The van der Waals surface area contributed by atoms with Crippen LogP contribution in [0.4, 0.5) is 4.39 Å². The standard InChI is InChI=1S/C27H32FN3O5/c1-17-2-4-18(5-3-17)15-31-13-11-24(26(31)33)30-12-10-21(22(28)16-30)19-6-8-20(9-7-19)36-25(32)14-23(29)27(34)35/h2-9,21-24H,10-16,29H2,1H3,(H,34,35)/t21-,22?,23-,24+/m0/s1. The molecule has 36 heavy (non-hydrogen) atoms. The summed E-state index contributed by atoms with van der Waals surface area (Å²) in [5.41, 5.74) is 8.42. The van der Waals surface area contributed by atoms with Gasteiger partial charge in [-0.05, 0) is 49.6 Å². The van der Waals surface area contributed by atoms with E-state index in [4.69, 9.17) is 15.6 Å². The van der Waals surface area contributed by atoms with Crippen molar-refractivity contribution in [2.75, 3.05) is 19.6 Å². The molecule has 2 heterocycles. The number of amides is 1. The second-order valence-electron chi connectivity index (χ2n) is 9.65. The average molecular weight is 498 g/mol. The van der Waals surface area contributed by atoms with E-state index in [0.29, 0.717) is 32.5 Å². The predicted octanol–water partition coefficient (Wildman–Crippen LogP) is 2.63. The Morgan fingerprint density at radius 1 is 1.11 bits per heavy atom. The number of carboxylic acid groups (broad SMARTS) is 1. The summed E-state index contributed by atoms with van der Waals surface area (Å²) in [6, 6.07) is 13.1. The molecule has 8 nitrogen and oxygen atoms in total. The van der Waals surface area contributed by atoms with Crippen molar-refractivity contribution in [2.45, 2.75) is 56.9 Å². The Morgan fingerprint density at radius 2 is 1.81 bits per heavy atom. The number of hydrogen-bond donors (Lipinski definition) is 2. The van der Waals surface area contributed by atoms with Crippen molar-refractivity contribution in [1.82, 2.24) is 9.80 Å². The van der Waals surface area contributed by atoms with E-state index in [2.05, 4.69) is 0 Å². The van der Waals surface area contributed by atoms with Gasteiger partial charge >= 0.3 is 11.9 Å². The van der Waals surface area contributed by atoms with Crippen LogP contribution >= 0.6 is 0 Å². The van der Waals surface area contributed by atoms with Gasteiger partial charge < -0.3 is 20.5 Å². The number of nitrogens with two attached hydrogens (primary N) is 1. The molecule has 9 heteroatoms. The van der Waals surface area contributed by atoms with Crippen LogP contribution < -0.4 is 10.5 Å². The van der Waals surface area contributed by atoms with Crippen LogP contribution in [-0.2, 0) is 20.9 Å². The molecule has 3 N–H and O–H groups in total. The van der Waals surface area contributed by atoms with Crippen molar-refractivity contribution in [3.8, 4) is 5.75 Å². The highest BCUT2D eigenvalue weighted by molar-refractivity contribution is 5.84. The first-order valence-corrected chi connectivity index (χ1v) is 12.2. The van der Waals surface area contributed by atoms with E-state index < -0.39 is 30.6 Å². The molecule has 1 amide bonds. The number of carboxylic acids is 1. The first-order valence-electron chi connectivity index (χ1n) is 12.2. The van der Waals surface area contributed by atoms with Gasteiger partial charge in [0.15, 0.2) is 0 Å². The Kier molecular flexibility index (Phi) is 8.01.